The molecule has 0 saturated heterocycles. The summed E-state index contributed by atoms with van der Waals surface area (Å²) in [4.78, 5) is 42.9. The van der Waals surface area contributed by atoms with Gasteiger partial charge >= 0.3 is 0 Å². The van der Waals surface area contributed by atoms with Crippen molar-refractivity contribution in [3.8, 4) is 0 Å². The van der Waals surface area contributed by atoms with E-state index < -0.39 is 0 Å². The molecule has 3 aromatic carbocycles. The number of hydrogen-bond acceptors (Lipinski definition) is 5. The van der Waals surface area contributed by atoms with Crippen LogP contribution in [-0.2, 0) is 19.9 Å². The van der Waals surface area contributed by atoms with Gasteiger partial charge in [0.1, 0.15) is 17.3 Å². The van der Waals surface area contributed by atoms with Crippen LogP contribution in [-0.4, -0.2) is 36.1 Å². The van der Waals surface area contributed by atoms with E-state index in [1.54, 1.807) is 18.3 Å². The molecule has 0 spiro atoms. The number of carbonyl (C=O) groups excluding carboxylic acids is 2. The molecule has 0 bridgehead atoms. The minimum atomic E-state index is -0.130. The lowest BCUT2D eigenvalue weighted by atomic mass is 10.0. The molecule has 0 aliphatic rings. The maximum Gasteiger partial charge on any atom is 0.188 e. The number of para-hydroxylation sites is 3. The molecule has 0 aliphatic carbocycles. The minimum Gasteiger partial charge on any atom is -0.342 e. The average molecular weight is 474 g/mol. The summed E-state index contributed by atoms with van der Waals surface area (Å²) < 4.78 is 2.03. The lowest BCUT2D eigenvalue weighted by Crippen LogP contribution is -2.07. The summed E-state index contributed by atoms with van der Waals surface area (Å²) >= 11 is 0. The Morgan fingerprint density at radius 1 is 0.889 bits per heavy atom. The minimum absolute atomic E-state index is 0.00627. The zero-order chi connectivity index (χ0) is 24.6. The smallest absolute Gasteiger partial charge is 0.188 e. The van der Waals surface area contributed by atoms with E-state index in [2.05, 4.69) is 19.9 Å². The van der Waals surface area contributed by atoms with E-state index in [9.17, 15) is 9.59 Å². The van der Waals surface area contributed by atoms with Crippen molar-refractivity contribution in [2.24, 2.45) is 7.05 Å². The third-order valence-electron chi connectivity index (χ3n) is 6.56. The maximum absolute atomic E-state index is 13.2. The van der Waals surface area contributed by atoms with Gasteiger partial charge in [-0.25, -0.2) is 9.97 Å². The molecule has 3 heterocycles. The fourth-order valence-electron chi connectivity index (χ4n) is 4.65. The van der Waals surface area contributed by atoms with Gasteiger partial charge in [0.2, 0.25) is 0 Å². The van der Waals surface area contributed by atoms with Gasteiger partial charge in [-0.2, -0.15) is 0 Å². The summed E-state index contributed by atoms with van der Waals surface area (Å²) in [6.07, 6.45) is 2.64. The van der Waals surface area contributed by atoms with Crippen molar-refractivity contribution < 1.29 is 9.59 Å². The number of imidazole rings is 2. The predicted molar refractivity (Wildman–Crippen MR) is 139 cm³/mol. The van der Waals surface area contributed by atoms with Gasteiger partial charge in [-0.05, 0) is 35.7 Å². The lowest BCUT2D eigenvalue weighted by Gasteiger charge is -2.03. The summed E-state index contributed by atoms with van der Waals surface area (Å²) in [5.41, 5.74) is 4.23. The van der Waals surface area contributed by atoms with Gasteiger partial charge in [0.05, 0.1) is 28.5 Å². The van der Waals surface area contributed by atoms with E-state index in [4.69, 9.17) is 0 Å². The van der Waals surface area contributed by atoms with Crippen LogP contribution < -0.4 is 0 Å². The number of aromatic amines is 1. The molecule has 0 radical (unpaired) electrons. The Morgan fingerprint density at radius 3 is 2.56 bits per heavy atom. The van der Waals surface area contributed by atoms with Crippen molar-refractivity contribution in [3.63, 3.8) is 0 Å². The number of nitrogens with zero attached hydrogens (tertiary/aromatic N) is 4. The third kappa shape index (κ3) is 3.94. The quantitative estimate of drug-likeness (QED) is 0.320. The number of Topliss-reactive ketones (excluding diaryl/α,β-unsaturated/α-hetero) is 2. The highest BCUT2D eigenvalue weighted by atomic mass is 16.1. The van der Waals surface area contributed by atoms with Gasteiger partial charge in [-0.15, -0.1) is 0 Å². The molecule has 176 valence electrons. The molecule has 3 aromatic heterocycles. The second kappa shape index (κ2) is 8.85. The highest BCUT2D eigenvalue weighted by Gasteiger charge is 2.18. The number of pyridine rings is 1. The highest BCUT2D eigenvalue weighted by Crippen LogP contribution is 2.21. The number of benzene rings is 3. The molecule has 7 heteroatoms. The zero-order valence-corrected chi connectivity index (χ0v) is 19.7. The monoisotopic (exact) mass is 473 g/mol. The van der Waals surface area contributed by atoms with Gasteiger partial charge in [-0.3, -0.25) is 14.6 Å². The van der Waals surface area contributed by atoms with Crippen LogP contribution >= 0.6 is 0 Å². The molecule has 0 amide bonds. The number of rotatable bonds is 7. The highest BCUT2D eigenvalue weighted by molar-refractivity contribution is 6.06. The van der Waals surface area contributed by atoms with Crippen LogP contribution in [0.25, 0.3) is 32.8 Å². The molecule has 0 saturated carbocycles. The van der Waals surface area contributed by atoms with Crippen LogP contribution in [0.15, 0.2) is 79.0 Å². The number of fused-ring (bicyclic) bond motifs is 3. The van der Waals surface area contributed by atoms with Crippen LogP contribution in [0, 0.1) is 0 Å². The molecule has 0 aliphatic heterocycles. The fraction of sp³-hybridized carbons (Fsp3) is 0.138. The molecule has 0 fully saturated rings. The Morgan fingerprint density at radius 2 is 1.69 bits per heavy atom. The Kier molecular flexibility index (Phi) is 5.37. The Labute approximate surface area is 206 Å². The average Bonchev–Trinajstić information content (AvgIpc) is 3.47. The van der Waals surface area contributed by atoms with Crippen LogP contribution in [0.4, 0.5) is 0 Å². The first-order valence-corrected chi connectivity index (χ1v) is 11.9. The van der Waals surface area contributed by atoms with E-state index in [0.29, 0.717) is 35.4 Å². The van der Waals surface area contributed by atoms with Gasteiger partial charge in [0.25, 0.3) is 0 Å². The van der Waals surface area contributed by atoms with Gasteiger partial charge in [0.15, 0.2) is 11.6 Å². The van der Waals surface area contributed by atoms with E-state index >= 15 is 0 Å². The third-order valence-corrected chi connectivity index (χ3v) is 6.56. The second-order valence-corrected chi connectivity index (χ2v) is 8.90. The second-order valence-electron chi connectivity index (χ2n) is 8.90. The van der Waals surface area contributed by atoms with E-state index in [1.165, 1.54) is 0 Å². The first kappa shape index (κ1) is 21.9. The summed E-state index contributed by atoms with van der Waals surface area (Å²) in [5, 5.41) is 1.95. The predicted octanol–water partition coefficient (Wildman–Crippen LogP) is 5.24. The maximum atomic E-state index is 13.2. The molecule has 0 unspecified atom stereocenters. The first-order valence-electron chi connectivity index (χ1n) is 11.9. The normalized spacial score (nSPS) is 11.5. The largest absolute Gasteiger partial charge is 0.342 e. The molecular formula is C29H23N5O2. The Hall–Kier alpha value is -4.65. The fourth-order valence-corrected chi connectivity index (χ4v) is 4.65. The van der Waals surface area contributed by atoms with Gasteiger partial charge < -0.3 is 9.55 Å². The van der Waals surface area contributed by atoms with Crippen molar-refractivity contribution in [1.82, 2.24) is 24.5 Å². The Balaban J connectivity index is 1.22. The van der Waals surface area contributed by atoms with Crippen molar-refractivity contribution in [2.75, 3.05) is 0 Å². The standard InChI is InChI=1S/C29H23N5O2/c1-34-24-12-5-4-10-21(24)32-28(34)14-13-25(35)20-9-6-11-22-29(20)33-27(31-22)16-26(36)23-15-18-7-2-3-8-19(18)17-30-23/h2-12,15,17H,13-14,16H2,1H3,(H,31,33). The number of aryl methyl sites for hydroxylation is 2. The van der Waals surface area contributed by atoms with Crippen molar-refractivity contribution >= 4 is 44.4 Å². The van der Waals surface area contributed by atoms with Crippen molar-refractivity contribution in [1.29, 1.82) is 0 Å². The summed E-state index contributed by atoms with van der Waals surface area (Å²) in [5.74, 6) is 1.25. The van der Waals surface area contributed by atoms with Crippen LogP contribution in [0.2, 0.25) is 0 Å². The van der Waals surface area contributed by atoms with Crippen LogP contribution in [0.3, 0.4) is 0 Å². The van der Waals surface area contributed by atoms with Crippen LogP contribution in [0.1, 0.15) is 38.9 Å². The molecule has 7 nitrogen and oxygen atoms in total. The summed E-state index contributed by atoms with van der Waals surface area (Å²) in [7, 11) is 1.97. The zero-order valence-electron chi connectivity index (χ0n) is 19.7. The van der Waals surface area contributed by atoms with E-state index in [1.807, 2.05) is 72.3 Å². The SMILES string of the molecule is Cn1c(CCC(=O)c2cccc3[nH]c(CC(=O)c4cc5ccccc5cn4)nc23)nc2ccccc21. The molecule has 6 aromatic rings. The number of H-pyrrole nitrogens is 1. The number of hydrogen-bond donors (Lipinski definition) is 1. The van der Waals surface area contributed by atoms with Crippen molar-refractivity contribution in [3.05, 3.63) is 102 Å². The van der Waals surface area contributed by atoms with E-state index in [0.717, 1.165) is 33.1 Å². The van der Waals surface area contributed by atoms with Crippen LogP contribution in [0.5, 0.6) is 0 Å². The molecule has 0 atom stereocenters. The molecular weight excluding hydrogens is 450 g/mol. The lowest BCUT2D eigenvalue weighted by molar-refractivity contribution is 0.0977. The first-order chi connectivity index (χ1) is 17.6. The summed E-state index contributed by atoms with van der Waals surface area (Å²) in [6.45, 7) is 0. The number of nitrogens with one attached hydrogen (secondary N) is 1. The van der Waals surface area contributed by atoms with E-state index in [-0.39, 0.29) is 18.0 Å². The topological polar surface area (TPSA) is 93.5 Å². The number of aromatic nitrogens is 5. The molecule has 1 N–H and O–H groups in total. The molecule has 36 heavy (non-hydrogen) atoms. The Bertz CT molecular complexity index is 1780. The number of carbonyl (C=O) groups is 2. The van der Waals surface area contributed by atoms with Crippen molar-refractivity contribution in [2.45, 2.75) is 19.3 Å². The molecule has 6 rings (SSSR count). The number of ketones is 2. The van der Waals surface area contributed by atoms with Gasteiger partial charge in [-0.1, -0.05) is 42.5 Å². The van der Waals surface area contributed by atoms with Gasteiger partial charge in [0, 0.05) is 37.0 Å². The summed E-state index contributed by atoms with van der Waals surface area (Å²) in [6, 6.07) is 23.0.